The Labute approximate surface area is 239 Å². The first-order valence-corrected chi connectivity index (χ1v) is 14.9. The highest BCUT2D eigenvalue weighted by Crippen LogP contribution is 2.45. The third kappa shape index (κ3) is 6.01. The van der Waals surface area contributed by atoms with Gasteiger partial charge in [0.25, 0.3) is 0 Å². The van der Waals surface area contributed by atoms with Gasteiger partial charge in [0, 0.05) is 50.3 Å². The van der Waals surface area contributed by atoms with E-state index in [1.807, 2.05) is 19.9 Å². The minimum atomic E-state index is 0.0170. The molecule has 1 aromatic carbocycles. The summed E-state index contributed by atoms with van der Waals surface area (Å²) in [7, 11) is 0. The van der Waals surface area contributed by atoms with E-state index in [2.05, 4.69) is 40.0 Å². The number of aromatic nitrogens is 1. The summed E-state index contributed by atoms with van der Waals surface area (Å²) < 4.78 is 0. The van der Waals surface area contributed by atoms with E-state index in [0.29, 0.717) is 17.4 Å². The molecule has 1 saturated heterocycles. The summed E-state index contributed by atoms with van der Waals surface area (Å²) in [5.74, 6) is 0.955. The van der Waals surface area contributed by atoms with Crippen molar-refractivity contribution in [1.82, 2.24) is 15.2 Å². The van der Waals surface area contributed by atoms with Crippen LogP contribution >= 0.6 is 0 Å². The Bertz CT molecular complexity index is 1240. The minimum absolute atomic E-state index is 0.0170. The van der Waals surface area contributed by atoms with E-state index in [9.17, 15) is 10.4 Å². The average molecular weight is 545 g/mol. The Morgan fingerprint density at radius 2 is 1.82 bits per heavy atom. The van der Waals surface area contributed by atoms with Crippen LogP contribution in [0.5, 0.6) is 5.75 Å². The van der Waals surface area contributed by atoms with Crippen LogP contribution in [-0.4, -0.2) is 64.6 Å². The molecule has 0 bridgehead atoms. The lowest BCUT2D eigenvalue weighted by Gasteiger charge is -2.34. The smallest absolute Gasteiger partial charge is 0.135 e. The molecule has 0 spiro atoms. The van der Waals surface area contributed by atoms with E-state index >= 15 is 0 Å². The second-order valence-electron chi connectivity index (χ2n) is 10.5. The molecule has 2 atom stereocenters. The first-order valence-electron chi connectivity index (χ1n) is 14.9. The monoisotopic (exact) mass is 544 g/mol. The number of anilines is 1. The molecule has 4 aliphatic rings. The van der Waals surface area contributed by atoms with Crippen LogP contribution in [0.2, 0.25) is 0 Å². The number of fused-ring (bicyclic) bond motifs is 3. The molecule has 2 aromatic rings. The Hall–Kier alpha value is -3.41. The first-order chi connectivity index (χ1) is 19.5. The van der Waals surface area contributed by atoms with E-state index in [-0.39, 0.29) is 18.4 Å². The van der Waals surface area contributed by atoms with Crippen LogP contribution in [0.4, 0.5) is 5.69 Å². The molecule has 2 aliphatic carbocycles. The van der Waals surface area contributed by atoms with Crippen molar-refractivity contribution >= 4 is 17.1 Å². The SMILES string of the molecule is C=C(c1ccc2c(n1)CCC1C2=NN(c2ccc(C#N)c(O)c2)C1C1CCCC1)N1CCNCC1.CC.CCO. The van der Waals surface area contributed by atoms with Crippen molar-refractivity contribution in [3.63, 3.8) is 0 Å². The predicted molar refractivity (Wildman–Crippen MR) is 161 cm³/mol. The number of hydrogen-bond donors (Lipinski definition) is 3. The van der Waals surface area contributed by atoms with E-state index in [1.165, 1.54) is 25.7 Å². The van der Waals surface area contributed by atoms with Gasteiger partial charge in [-0.05, 0) is 62.8 Å². The number of phenols is 1. The zero-order valence-electron chi connectivity index (χ0n) is 24.2. The standard InChI is InChI=1S/C28H32N6O.C2H6O.C2H6/c1-18(33-14-12-30-13-15-33)24-10-8-22-25(31-24)11-9-23-27(22)32-34(28(23)19-4-2-3-5-19)21-7-6-20(17-29)26(35)16-21;1-2-3;1-2/h6-8,10,16,19,23,28,30,35H,1-5,9,11-15H2;3H,2H2,1H3;1-2H3. The van der Waals surface area contributed by atoms with Gasteiger partial charge in [-0.1, -0.05) is 33.3 Å². The molecule has 214 valence electrons. The van der Waals surface area contributed by atoms with Gasteiger partial charge in [0.1, 0.15) is 11.8 Å². The number of piperazine rings is 1. The molecule has 40 heavy (non-hydrogen) atoms. The Morgan fingerprint density at radius 1 is 1.12 bits per heavy atom. The van der Waals surface area contributed by atoms with E-state index in [4.69, 9.17) is 15.2 Å². The number of aliphatic hydroxyl groups is 1. The topological polar surface area (TPSA) is 108 Å². The van der Waals surface area contributed by atoms with Gasteiger partial charge in [-0.25, -0.2) is 0 Å². The van der Waals surface area contributed by atoms with E-state index in [0.717, 1.165) is 73.1 Å². The summed E-state index contributed by atoms with van der Waals surface area (Å²) >= 11 is 0. The zero-order chi connectivity index (χ0) is 28.6. The number of nitriles is 1. The average Bonchev–Trinajstić information content (AvgIpc) is 3.66. The summed E-state index contributed by atoms with van der Waals surface area (Å²) in [6, 6.07) is 11.9. The lowest BCUT2D eigenvalue weighted by molar-refractivity contribution is 0.318. The molecule has 8 heteroatoms. The maximum absolute atomic E-state index is 10.4. The van der Waals surface area contributed by atoms with Gasteiger partial charge in [-0.3, -0.25) is 9.99 Å². The van der Waals surface area contributed by atoms with Crippen LogP contribution in [0.25, 0.3) is 5.70 Å². The number of phenolic OH excluding ortho intramolecular Hbond substituents is 1. The zero-order valence-corrected chi connectivity index (χ0v) is 24.2. The van der Waals surface area contributed by atoms with Gasteiger partial charge in [-0.2, -0.15) is 10.4 Å². The fourth-order valence-corrected chi connectivity index (χ4v) is 6.44. The van der Waals surface area contributed by atoms with Crippen molar-refractivity contribution in [2.45, 2.75) is 65.3 Å². The van der Waals surface area contributed by atoms with Gasteiger partial charge >= 0.3 is 0 Å². The fraction of sp³-hybridized carbons (Fsp3) is 0.531. The van der Waals surface area contributed by atoms with Crippen molar-refractivity contribution in [2.24, 2.45) is 16.9 Å². The number of nitrogens with one attached hydrogen (secondary N) is 1. The summed E-state index contributed by atoms with van der Waals surface area (Å²) in [4.78, 5) is 7.39. The number of benzene rings is 1. The Morgan fingerprint density at radius 3 is 2.48 bits per heavy atom. The molecule has 2 unspecified atom stereocenters. The van der Waals surface area contributed by atoms with Crippen molar-refractivity contribution in [3.05, 3.63) is 59.4 Å². The number of pyridine rings is 1. The number of hydrazone groups is 1. The van der Waals surface area contributed by atoms with Crippen molar-refractivity contribution in [3.8, 4) is 11.8 Å². The molecule has 8 nitrogen and oxygen atoms in total. The predicted octanol–water partition coefficient (Wildman–Crippen LogP) is 4.91. The van der Waals surface area contributed by atoms with Gasteiger partial charge in [0.05, 0.1) is 40.1 Å². The number of aryl methyl sites for hydroxylation is 1. The third-order valence-corrected chi connectivity index (χ3v) is 8.25. The van der Waals surface area contributed by atoms with E-state index < -0.39 is 0 Å². The van der Waals surface area contributed by atoms with Crippen molar-refractivity contribution in [2.75, 3.05) is 37.8 Å². The molecule has 6 rings (SSSR count). The van der Waals surface area contributed by atoms with Crippen molar-refractivity contribution < 1.29 is 10.2 Å². The summed E-state index contributed by atoms with van der Waals surface area (Å²) in [6.07, 6.45) is 6.95. The van der Waals surface area contributed by atoms with Gasteiger partial charge in [-0.15, -0.1) is 0 Å². The Balaban J connectivity index is 0.000000695. The van der Waals surface area contributed by atoms with Crippen LogP contribution in [-0.2, 0) is 6.42 Å². The number of aliphatic hydroxyl groups excluding tert-OH is 1. The molecule has 2 aliphatic heterocycles. The quantitative estimate of drug-likeness (QED) is 0.502. The highest BCUT2D eigenvalue weighted by atomic mass is 16.3. The highest BCUT2D eigenvalue weighted by molar-refractivity contribution is 6.06. The van der Waals surface area contributed by atoms with Crippen molar-refractivity contribution in [1.29, 1.82) is 5.26 Å². The lowest BCUT2D eigenvalue weighted by Crippen LogP contribution is -2.42. The van der Waals surface area contributed by atoms with Gasteiger partial charge < -0.3 is 20.4 Å². The fourth-order valence-electron chi connectivity index (χ4n) is 6.44. The number of hydrogen-bond acceptors (Lipinski definition) is 8. The molecule has 1 aromatic heterocycles. The Kier molecular flexibility index (Phi) is 10.2. The molecule has 3 heterocycles. The van der Waals surface area contributed by atoms with Crippen LogP contribution in [0, 0.1) is 23.2 Å². The van der Waals surface area contributed by atoms with Gasteiger partial charge in [0.15, 0.2) is 0 Å². The second kappa shape index (κ2) is 13.8. The molecule has 2 fully saturated rings. The maximum Gasteiger partial charge on any atom is 0.135 e. The summed E-state index contributed by atoms with van der Waals surface area (Å²) in [5.41, 5.74) is 6.51. The van der Waals surface area contributed by atoms with E-state index in [1.54, 1.807) is 19.1 Å². The molecular weight excluding hydrogens is 500 g/mol. The molecule has 1 saturated carbocycles. The lowest BCUT2D eigenvalue weighted by atomic mass is 9.76. The number of aromatic hydroxyl groups is 1. The normalized spacial score (nSPS) is 21.6. The van der Waals surface area contributed by atoms with Gasteiger partial charge in [0.2, 0.25) is 0 Å². The van der Waals surface area contributed by atoms with Crippen LogP contribution in [0.15, 0.2) is 42.0 Å². The van der Waals surface area contributed by atoms with Crippen LogP contribution in [0.1, 0.15) is 75.4 Å². The number of rotatable bonds is 4. The molecule has 3 N–H and O–H groups in total. The summed E-state index contributed by atoms with van der Waals surface area (Å²) in [6.45, 7) is 14.2. The maximum atomic E-state index is 10.4. The molecule has 0 amide bonds. The molecule has 0 radical (unpaired) electrons. The van der Waals surface area contributed by atoms with Crippen LogP contribution in [0.3, 0.4) is 0 Å². The van der Waals surface area contributed by atoms with Crippen LogP contribution < -0.4 is 10.3 Å². The third-order valence-electron chi connectivity index (χ3n) is 8.25. The second-order valence-corrected chi connectivity index (χ2v) is 10.5. The highest BCUT2D eigenvalue weighted by Gasteiger charge is 2.46. The first kappa shape index (κ1) is 29.6. The number of nitrogens with zero attached hydrogens (tertiary/aromatic N) is 5. The molecular formula is C32H44N6O2. The minimum Gasteiger partial charge on any atom is -0.506 e. The summed E-state index contributed by atoms with van der Waals surface area (Å²) in [5, 5.41) is 37.9. The largest absolute Gasteiger partial charge is 0.506 e.